The summed E-state index contributed by atoms with van der Waals surface area (Å²) in [5.74, 6) is 0.169. The molecule has 1 aliphatic rings. The Morgan fingerprint density at radius 2 is 2.00 bits per heavy atom. The number of aliphatic hydroxyl groups is 1. The Bertz CT molecular complexity index is 423. The van der Waals surface area contributed by atoms with Crippen molar-refractivity contribution in [1.29, 1.82) is 5.41 Å². The van der Waals surface area contributed by atoms with Crippen LogP contribution in [0.25, 0.3) is 0 Å². The zero-order valence-corrected chi connectivity index (χ0v) is 11.5. The second-order valence-corrected chi connectivity index (χ2v) is 5.85. The van der Waals surface area contributed by atoms with Gasteiger partial charge in [-0.2, -0.15) is 0 Å². The number of halogens is 1. The monoisotopic (exact) mass is 265 g/mol. The summed E-state index contributed by atoms with van der Waals surface area (Å²) in [7, 11) is 0. The molecule has 1 aromatic rings. The highest BCUT2D eigenvalue weighted by molar-refractivity contribution is 6.30. The first-order chi connectivity index (χ1) is 8.58. The first kappa shape index (κ1) is 13.6. The number of hydrogen-bond donors (Lipinski definition) is 2. The molecule has 1 saturated carbocycles. The average Bonchev–Trinajstić information content (AvgIpc) is 2.30. The van der Waals surface area contributed by atoms with Gasteiger partial charge in [-0.05, 0) is 42.9 Å². The number of aliphatic hydroxyl groups excluding tert-OH is 1. The molecular weight excluding hydrogens is 246 g/mol. The van der Waals surface area contributed by atoms with E-state index in [9.17, 15) is 0 Å². The third-order valence-electron chi connectivity index (χ3n) is 4.05. The fraction of sp³-hybridized carbons (Fsp3) is 0.533. The maximum atomic E-state index is 9.13. The van der Waals surface area contributed by atoms with Gasteiger partial charge in [0, 0.05) is 22.8 Å². The molecule has 18 heavy (non-hydrogen) atoms. The predicted molar refractivity (Wildman–Crippen MR) is 75.6 cm³/mol. The molecule has 0 amide bonds. The van der Waals surface area contributed by atoms with Crippen LogP contribution in [0.3, 0.4) is 0 Å². The van der Waals surface area contributed by atoms with Crippen molar-refractivity contribution >= 4 is 17.3 Å². The van der Waals surface area contributed by atoms with E-state index in [1.54, 1.807) is 0 Å². The van der Waals surface area contributed by atoms with E-state index in [1.165, 1.54) is 12.0 Å². The average molecular weight is 266 g/mol. The highest BCUT2D eigenvalue weighted by Crippen LogP contribution is 2.46. The Morgan fingerprint density at radius 1 is 1.39 bits per heavy atom. The summed E-state index contributed by atoms with van der Waals surface area (Å²) in [5.41, 5.74) is 1.87. The lowest BCUT2D eigenvalue weighted by Crippen LogP contribution is -2.42. The zero-order valence-electron chi connectivity index (χ0n) is 10.7. The van der Waals surface area contributed by atoms with Crippen molar-refractivity contribution in [3.8, 4) is 0 Å². The Labute approximate surface area is 113 Å². The van der Waals surface area contributed by atoms with Gasteiger partial charge in [0.05, 0.1) is 0 Å². The summed E-state index contributed by atoms with van der Waals surface area (Å²) in [6.07, 6.45) is 3.95. The summed E-state index contributed by atoms with van der Waals surface area (Å²) in [6, 6.07) is 7.89. The molecule has 0 aromatic heterocycles. The quantitative estimate of drug-likeness (QED) is 0.782. The fourth-order valence-electron chi connectivity index (χ4n) is 2.67. The predicted octanol–water partition coefficient (Wildman–Crippen LogP) is 3.80. The minimum absolute atomic E-state index is 0.0893. The van der Waals surface area contributed by atoms with Crippen LogP contribution in [0.1, 0.15) is 38.2 Å². The minimum Gasteiger partial charge on any atom is -0.396 e. The summed E-state index contributed by atoms with van der Waals surface area (Å²) in [6.45, 7) is 2.14. The van der Waals surface area contributed by atoms with Crippen LogP contribution in [-0.2, 0) is 5.41 Å². The van der Waals surface area contributed by atoms with Gasteiger partial charge in [0.25, 0.3) is 0 Å². The van der Waals surface area contributed by atoms with E-state index in [4.69, 9.17) is 22.1 Å². The lowest BCUT2D eigenvalue weighted by Gasteiger charge is -2.43. The largest absolute Gasteiger partial charge is 0.396 e. The van der Waals surface area contributed by atoms with Gasteiger partial charge in [-0.25, -0.2) is 0 Å². The molecule has 0 heterocycles. The van der Waals surface area contributed by atoms with Crippen LogP contribution in [-0.4, -0.2) is 17.4 Å². The molecule has 1 aromatic carbocycles. The van der Waals surface area contributed by atoms with Gasteiger partial charge in [0.15, 0.2) is 0 Å². The van der Waals surface area contributed by atoms with Crippen molar-refractivity contribution in [3.63, 3.8) is 0 Å². The lowest BCUT2D eigenvalue weighted by atomic mass is 9.60. The number of rotatable bonds is 5. The molecule has 1 aliphatic carbocycles. The second-order valence-electron chi connectivity index (χ2n) is 5.41. The SMILES string of the molecule is CC(CO)CC(=N)C1(c2ccc(Cl)cc2)CCC1. The molecule has 3 heteroatoms. The van der Waals surface area contributed by atoms with Crippen LogP contribution in [0.4, 0.5) is 0 Å². The van der Waals surface area contributed by atoms with Crippen LogP contribution < -0.4 is 0 Å². The molecule has 1 unspecified atom stereocenters. The summed E-state index contributed by atoms with van der Waals surface area (Å²) >= 11 is 5.92. The van der Waals surface area contributed by atoms with Crippen molar-refractivity contribution in [1.82, 2.24) is 0 Å². The van der Waals surface area contributed by atoms with Crippen molar-refractivity contribution < 1.29 is 5.11 Å². The molecule has 0 saturated heterocycles. The Hall–Kier alpha value is -0.860. The first-order valence-corrected chi connectivity index (χ1v) is 6.91. The van der Waals surface area contributed by atoms with E-state index >= 15 is 0 Å². The van der Waals surface area contributed by atoms with Crippen LogP contribution >= 0.6 is 11.6 Å². The standard InChI is InChI=1S/C15H20ClNO/c1-11(10-18)9-14(17)15(7-2-8-15)12-3-5-13(16)6-4-12/h3-6,11,17-18H,2,7-10H2,1H3. The van der Waals surface area contributed by atoms with Crippen LogP contribution in [0.5, 0.6) is 0 Å². The minimum atomic E-state index is -0.0893. The number of hydrogen-bond acceptors (Lipinski definition) is 2. The molecule has 1 atom stereocenters. The van der Waals surface area contributed by atoms with Crippen LogP contribution in [0.15, 0.2) is 24.3 Å². The van der Waals surface area contributed by atoms with E-state index in [0.29, 0.717) is 6.42 Å². The third-order valence-corrected chi connectivity index (χ3v) is 4.30. The Balaban J connectivity index is 2.20. The van der Waals surface area contributed by atoms with Gasteiger partial charge in [0.1, 0.15) is 0 Å². The molecule has 98 valence electrons. The van der Waals surface area contributed by atoms with Crippen LogP contribution in [0, 0.1) is 11.3 Å². The van der Waals surface area contributed by atoms with Gasteiger partial charge >= 0.3 is 0 Å². The zero-order chi connectivity index (χ0) is 13.2. The van der Waals surface area contributed by atoms with Gasteiger partial charge in [0.2, 0.25) is 0 Å². The fourth-order valence-corrected chi connectivity index (χ4v) is 2.80. The molecule has 1 fully saturated rings. The van der Waals surface area contributed by atoms with Crippen molar-refractivity contribution in [2.75, 3.05) is 6.61 Å². The Morgan fingerprint density at radius 3 is 2.44 bits per heavy atom. The van der Waals surface area contributed by atoms with Crippen LogP contribution in [0.2, 0.25) is 5.02 Å². The first-order valence-electron chi connectivity index (χ1n) is 6.53. The summed E-state index contributed by atoms with van der Waals surface area (Å²) in [5, 5.41) is 18.2. The molecule has 2 N–H and O–H groups in total. The van der Waals surface area contributed by atoms with E-state index in [-0.39, 0.29) is 17.9 Å². The smallest absolute Gasteiger partial charge is 0.0460 e. The van der Waals surface area contributed by atoms with Crippen molar-refractivity contribution in [2.24, 2.45) is 5.92 Å². The molecule has 0 spiro atoms. The van der Waals surface area contributed by atoms with E-state index < -0.39 is 0 Å². The maximum Gasteiger partial charge on any atom is 0.0460 e. The molecule has 0 radical (unpaired) electrons. The Kier molecular flexibility index (Phi) is 4.08. The molecule has 0 bridgehead atoms. The van der Waals surface area contributed by atoms with Gasteiger partial charge < -0.3 is 10.5 Å². The second kappa shape index (κ2) is 5.41. The highest BCUT2D eigenvalue weighted by Gasteiger charge is 2.42. The van der Waals surface area contributed by atoms with Gasteiger partial charge in [-0.1, -0.05) is 37.1 Å². The van der Waals surface area contributed by atoms with E-state index in [2.05, 4.69) is 0 Å². The molecule has 2 nitrogen and oxygen atoms in total. The molecule has 2 rings (SSSR count). The van der Waals surface area contributed by atoms with Gasteiger partial charge in [-0.15, -0.1) is 0 Å². The topological polar surface area (TPSA) is 44.1 Å². The van der Waals surface area contributed by atoms with E-state index in [1.807, 2.05) is 31.2 Å². The van der Waals surface area contributed by atoms with Gasteiger partial charge in [-0.3, -0.25) is 0 Å². The highest BCUT2D eigenvalue weighted by atomic mass is 35.5. The maximum absolute atomic E-state index is 9.13. The number of benzene rings is 1. The molecular formula is C15H20ClNO. The number of nitrogens with one attached hydrogen (secondary N) is 1. The summed E-state index contributed by atoms with van der Waals surface area (Å²) < 4.78 is 0. The molecule has 0 aliphatic heterocycles. The van der Waals surface area contributed by atoms with Crippen molar-refractivity contribution in [2.45, 2.75) is 38.0 Å². The van der Waals surface area contributed by atoms with E-state index in [0.717, 1.165) is 23.6 Å². The third kappa shape index (κ3) is 2.45. The lowest BCUT2D eigenvalue weighted by molar-refractivity contribution is 0.236. The van der Waals surface area contributed by atoms with Crippen molar-refractivity contribution in [3.05, 3.63) is 34.9 Å². The normalized spacial score (nSPS) is 19.1. The summed E-state index contributed by atoms with van der Waals surface area (Å²) in [4.78, 5) is 0.